The minimum atomic E-state index is -1.14. The number of methoxy groups -OCH3 is 1. The zero-order chi connectivity index (χ0) is 27.6. The highest BCUT2D eigenvalue weighted by molar-refractivity contribution is 7.13. The number of aliphatic hydroxyl groups is 1. The van der Waals surface area contributed by atoms with Crippen LogP contribution in [0.5, 0.6) is 11.5 Å². The number of hydrogen-bond acceptors (Lipinski definition) is 8. The van der Waals surface area contributed by atoms with Gasteiger partial charge in [0.2, 0.25) is 5.91 Å². The van der Waals surface area contributed by atoms with Gasteiger partial charge in [0.15, 0.2) is 11.5 Å². The molecule has 1 amide bonds. The number of nitrogens with one attached hydrogen (secondary N) is 3. The first kappa shape index (κ1) is 27.2. The Morgan fingerprint density at radius 1 is 1.24 bits per heavy atom. The van der Waals surface area contributed by atoms with Crippen molar-refractivity contribution in [2.45, 2.75) is 32.5 Å². The van der Waals surface area contributed by atoms with Crippen LogP contribution in [0.4, 0.5) is 11.4 Å². The van der Waals surface area contributed by atoms with Gasteiger partial charge < -0.3 is 30.2 Å². The predicted molar refractivity (Wildman–Crippen MR) is 152 cm³/mol. The van der Waals surface area contributed by atoms with E-state index in [0.717, 1.165) is 10.4 Å². The van der Waals surface area contributed by atoms with Crippen molar-refractivity contribution in [3.8, 4) is 21.9 Å². The fourth-order valence-corrected chi connectivity index (χ4v) is 5.16. The van der Waals surface area contributed by atoms with Gasteiger partial charge in [-0.1, -0.05) is 18.7 Å². The molecule has 0 spiro atoms. The number of aryl methyl sites for hydroxylation is 1. The van der Waals surface area contributed by atoms with Crippen LogP contribution in [0.25, 0.3) is 10.4 Å². The van der Waals surface area contributed by atoms with E-state index in [4.69, 9.17) is 20.7 Å². The van der Waals surface area contributed by atoms with Crippen LogP contribution in [0.2, 0.25) is 0 Å². The van der Waals surface area contributed by atoms with Crippen LogP contribution in [-0.4, -0.2) is 48.1 Å². The molecular weight excluding hydrogens is 502 g/mol. The standard InChI is InChI=1S/C28H33N5O4S/c1-6-26(34)33-13-18(14-33)37-24-11-19(21(32-30)12-23(24)36-5)27(29)31-22-10-17(25-9-16(2)15-38-25)7-8-20(22)28(3,4)35/h6-12,15,18,32,35H,1,13-14,30H2,2-5H3,(H2,29,31). The number of benzene rings is 2. The Labute approximate surface area is 226 Å². The Hall–Kier alpha value is -3.86. The van der Waals surface area contributed by atoms with Gasteiger partial charge in [-0.05, 0) is 61.6 Å². The molecule has 10 heteroatoms. The zero-order valence-corrected chi connectivity index (χ0v) is 22.7. The number of nitrogens with zero attached hydrogens (tertiary/aromatic N) is 1. The van der Waals surface area contributed by atoms with Crippen LogP contribution in [0.3, 0.4) is 0 Å². The van der Waals surface area contributed by atoms with E-state index in [9.17, 15) is 9.90 Å². The van der Waals surface area contributed by atoms with E-state index in [0.29, 0.717) is 47.1 Å². The largest absolute Gasteiger partial charge is 0.493 e. The summed E-state index contributed by atoms with van der Waals surface area (Å²) in [6.07, 6.45) is 1.06. The first-order valence-electron chi connectivity index (χ1n) is 12.1. The molecule has 0 bridgehead atoms. The van der Waals surface area contributed by atoms with Crippen molar-refractivity contribution in [2.75, 3.05) is 30.9 Å². The van der Waals surface area contributed by atoms with Crippen molar-refractivity contribution in [1.29, 1.82) is 5.41 Å². The molecule has 0 saturated carbocycles. The number of hydrogen-bond donors (Lipinski definition) is 5. The molecule has 0 unspecified atom stereocenters. The summed E-state index contributed by atoms with van der Waals surface area (Å²) in [6, 6.07) is 11.2. The molecule has 0 atom stereocenters. The van der Waals surface area contributed by atoms with Gasteiger partial charge in [0.1, 0.15) is 11.9 Å². The Bertz CT molecular complexity index is 1370. The number of hydrazine groups is 1. The normalized spacial score (nSPS) is 13.5. The zero-order valence-electron chi connectivity index (χ0n) is 21.9. The van der Waals surface area contributed by atoms with Crippen molar-refractivity contribution < 1.29 is 19.4 Å². The van der Waals surface area contributed by atoms with Crippen LogP contribution in [0.1, 0.15) is 30.5 Å². The number of rotatable bonds is 9. The molecule has 4 rings (SSSR count). The second kappa shape index (κ2) is 10.9. The van der Waals surface area contributed by atoms with E-state index in [2.05, 4.69) is 28.8 Å². The molecule has 1 aliphatic heterocycles. The van der Waals surface area contributed by atoms with Gasteiger partial charge in [0.05, 0.1) is 31.5 Å². The Morgan fingerprint density at radius 3 is 2.55 bits per heavy atom. The molecule has 200 valence electrons. The maximum Gasteiger partial charge on any atom is 0.246 e. The third kappa shape index (κ3) is 5.67. The highest BCUT2D eigenvalue weighted by Crippen LogP contribution is 2.37. The van der Waals surface area contributed by atoms with Crippen molar-refractivity contribution >= 4 is 34.5 Å². The highest BCUT2D eigenvalue weighted by Gasteiger charge is 2.32. The van der Waals surface area contributed by atoms with Gasteiger partial charge in [-0.3, -0.25) is 16.0 Å². The van der Waals surface area contributed by atoms with Gasteiger partial charge in [-0.2, -0.15) is 0 Å². The molecule has 38 heavy (non-hydrogen) atoms. The summed E-state index contributed by atoms with van der Waals surface area (Å²) in [5.74, 6) is 6.57. The Kier molecular flexibility index (Phi) is 7.77. The van der Waals surface area contributed by atoms with E-state index in [-0.39, 0.29) is 17.8 Å². The summed E-state index contributed by atoms with van der Waals surface area (Å²) >= 11 is 1.64. The third-order valence-corrected chi connectivity index (χ3v) is 7.41. The number of thiophene rings is 1. The Balaban J connectivity index is 1.65. The SMILES string of the molecule is C=CC(=O)N1CC(Oc2cc(C(=N)Nc3cc(-c4cc(C)cs4)ccc3C(C)(C)O)c(NN)cc2OC)C1. The van der Waals surface area contributed by atoms with Gasteiger partial charge in [-0.25, -0.2) is 0 Å². The molecule has 6 N–H and O–H groups in total. The van der Waals surface area contributed by atoms with Crippen LogP contribution >= 0.6 is 11.3 Å². The molecule has 1 saturated heterocycles. The van der Waals surface area contributed by atoms with E-state index in [1.54, 1.807) is 42.2 Å². The summed E-state index contributed by atoms with van der Waals surface area (Å²) in [7, 11) is 1.52. The number of nitrogen functional groups attached to an aromatic ring is 1. The van der Waals surface area contributed by atoms with E-state index >= 15 is 0 Å². The summed E-state index contributed by atoms with van der Waals surface area (Å²) < 4.78 is 11.6. The number of ether oxygens (including phenoxy) is 2. The van der Waals surface area contributed by atoms with E-state index < -0.39 is 5.60 Å². The number of amidine groups is 1. The lowest BCUT2D eigenvalue weighted by atomic mass is 9.94. The number of carbonyl (C=O) groups is 1. The number of likely N-dealkylation sites (tertiary alicyclic amines) is 1. The van der Waals surface area contributed by atoms with Crippen molar-refractivity contribution in [3.63, 3.8) is 0 Å². The molecule has 1 aliphatic rings. The van der Waals surface area contributed by atoms with Crippen molar-refractivity contribution in [2.24, 2.45) is 5.84 Å². The minimum Gasteiger partial charge on any atom is -0.493 e. The lowest BCUT2D eigenvalue weighted by Gasteiger charge is -2.38. The smallest absolute Gasteiger partial charge is 0.246 e. The summed E-state index contributed by atoms with van der Waals surface area (Å²) in [4.78, 5) is 14.5. The second-order valence-corrected chi connectivity index (χ2v) is 10.6. The van der Waals surface area contributed by atoms with Crippen LogP contribution in [0.15, 0.2) is 54.4 Å². The fourth-order valence-electron chi connectivity index (χ4n) is 4.26. The second-order valence-electron chi connectivity index (χ2n) is 9.69. The van der Waals surface area contributed by atoms with Crippen LogP contribution in [0, 0.1) is 12.3 Å². The minimum absolute atomic E-state index is 0.0486. The number of nitrogens with two attached hydrogens (primary N) is 1. The maximum absolute atomic E-state index is 11.8. The van der Waals surface area contributed by atoms with E-state index in [1.807, 2.05) is 25.1 Å². The van der Waals surface area contributed by atoms with Crippen LogP contribution < -0.4 is 26.1 Å². The average molecular weight is 536 g/mol. The average Bonchev–Trinajstić information content (AvgIpc) is 3.30. The Morgan fingerprint density at radius 2 is 1.97 bits per heavy atom. The predicted octanol–water partition coefficient (Wildman–Crippen LogP) is 4.46. The van der Waals surface area contributed by atoms with Crippen LogP contribution in [-0.2, 0) is 10.4 Å². The molecular formula is C28H33N5O4S. The molecule has 1 aromatic heterocycles. The molecule has 0 radical (unpaired) electrons. The van der Waals surface area contributed by atoms with Crippen molar-refractivity contribution in [3.05, 3.63) is 71.1 Å². The lowest BCUT2D eigenvalue weighted by molar-refractivity contribution is -0.134. The summed E-state index contributed by atoms with van der Waals surface area (Å²) in [6.45, 7) is 9.83. The third-order valence-electron chi connectivity index (χ3n) is 6.31. The van der Waals surface area contributed by atoms with Gasteiger partial charge in [0.25, 0.3) is 0 Å². The number of amides is 1. The molecule has 0 aliphatic carbocycles. The van der Waals surface area contributed by atoms with Crippen molar-refractivity contribution in [1.82, 2.24) is 4.90 Å². The summed E-state index contributed by atoms with van der Waals surface area (Å²) in [5.41, 5.74) is 5.79. The quantitative estimate of drug-likeness (QED) is 0.0898. The number of anilines is 2. The summed E-state index contributed by atoms with van der Waals surface area (Å²) in [5, 5.41) is 25.0. The maximum atomic E-state index is 11.8. The molecule has 1 fully saturated rings. The lowest BCUT2D eigenvalue weighted by Crippen LogP contribution is -2.55. The van der Waals surface area contributed by atoms with E-state index in [1.165, 1.54) is 18.7 Å². The molecule has 2 aromatic carbocycles. The van der Waals surface area contributed by atoms with Gasteiger partial charge >= 0.3 is 0 Å². The first-order chi connectivity index (χ1) is 18.0. The monoisotopic (exact) mass is 535 g/mol. The van der Waals surface area contributed by atoms with Gasteiger partial charge in [0, 0.05) is 27.8 Å². The topological polar surface area (TPSA) is 133 Å². The molecule has 3 aromatic rings. The molecule has 2 heterocycles. The number of carbonyl (C=O) groups excluding carboxylic acids is 1. The molecule has 9 nitrogen and oxygen atoms in total. The van der Waals surface area contributed by atoms with Gasteiger partial charge in [-0.15, -0.1) is 11.3 Å². The fraction of sp³-hybridized carbons (Fsp3) is 0.286. The first-order valence-corrected chi connectivity index (χ1v) is 13.0. The highest BCUT2D eigenvalue weighted by atomic mass is 32.1.